The summed E-state index contributed by atoms with van der Waals surface area (Å²) in [7, 11) is 1.59. The smallest absolute Gasteiger partial charge is 0.248 e. The molecule has 3 aromatic carbocycles. The average Bonchev–Trinajstić information content (AvgIpc) is 3.18. The van der Waals surface area contributed by atoms with E-state index in [0.717, 1.165) is 27.6 Å². The monoisotopic (exact) mass is 479 g/mol. The highest BCUT2D eigenvalue weighted by molar-refractivity contribution is 6.44. The molecule has 4 nitrogen and oxygen atoms in total. The zero-order valence-corrected chi connectivity index (χ0v) is 20.3. The first-order valence-corrected chi connectivity index (χ1v) is 11.1. The zero-order valence-electron chi connectivity index (χ0n) is 18.8. The fourth-order valence-corrected chi connectivity index (χ4v) is 4.25. The van der Waals surface area contributed by atoms with Crippen LogP contribution in [0.1, 0.15) is 23.6 Å². The minimum atomic E-state index is -0.319. The van der Waals surface area contributed by atoms with Gasteiger partial charge in [0.05, 0.1) is 29.1 Å². The highest BCUT2D eigenvalue weighted by Crippen LogP contribution is 2.38. The lowest BCUT2D eigenvalue weighted by Gasteiger charge is -2.11. The number of anilines is 1. The van der Waals surface area contributed by atoms with Gasteiger partial charge < -0.3 is 14.5 Å². The molecule has 0 aliphatic heterocycles. The Labute approximate surface area is 202 Å². The van der Waals surface area contributed by atoms with Crippen molar-refractivity contribution in [3.05, 3.63) is 87.6 Å². The summed E-state index contributed by atoms with van der Waals surface area (Å²) < 4.78 is 11.4. The molecule has 168 valence electrons. The Morgan fingerprint density at radius 1 is 1.06 bits per heavy atom. The van der Waals surface area contributed by atoms with Gasteiger partial charge in [0.15, 0.2) is 0 Å². The van der Waals surface area contributed by atoms with Gasteiger partial charge in [-0.25, -0.2) is 0 Å². The fourth-order valence-electron chi connectivity index (χ4n) is 3.90. The van der Waals surface area contributed by atoms with Crippen LogP contribution in [-0.4, -0.2) is 13.0 Å². The summed E-state index contributed by atoms with van der Waals surface area (Å²) in [6.07, 6.45) is 3.27. The van der Waals surface area contributed by atoms with E-state index in [1.807, 2.05) is 19.1 Å². The number of aryl methyl sites for hydroxylation is 2. The SMILES string of the molecule is COc1cc2occ(-c3ccc(C)cc3C)c2cc1/C(C)=C/C(=O)Nc1cccc(Cl)c1Cl. The summed E-state index contributed by atoms with van der Waals surface area (Å²) in [5, 5.41) is 4.40. The van der Waals surface area contributed by atoms with Gasteiger partial charge in [-0.3, -0.25) is 4.79 Å². The standard InChI is InChI=1S/C27H23Cl2NO3/c1-15-8-9-18(16(2)10-15)21-14-33-25-13-24(32-4)19(12-20(21)25)17(3)11-26(31)30-23-7-5-6-22(28)27(23)29/h5-14H,1-4H3,(H,30,31)/b17-11+. The van der Waals surface area contributed by atoms with E-state index < -0.39 is 0 Å². The molecule has 4 aromatic rings. The van der Waals surface area contributed by atoms with E-state index in [-0.39, 0.29) is 5.91 Å². The molecule has 1 amide bonds. The van der Waals surface area contributed by atoms with Crippen LogP contribution < -0.4 is 10.1 Å². The number of allylic oxidation sites excluding steroid dienone is 1. The lowest BCUT2D eigenvalue weighted by molar-refractivity contribution is -0.111. The summed E-state index contributed by atoms with van der Waals surface area (Å²) in [5.41, 5.74) is 7.17. The Kier molecular flexibility index (Phi) is 6.50. The van der Waals surface area contributed by atoms with Crippen molar-refractivity contribution < 1.29 is 13.9 Å². The quantitative estimate of drug-likeness (QED) is 0.294. The molecular weight excluding hydrogens is 457 g/mol. The molecule has 1 heterocycles. The zero-order chi connectivity index (χ0) is 23.7. The minimum Gasteiger partial charge on any atom is -0.496 e. The van der Waals surface area contributed by atoms with Crippen LogP contribution in [0.5, 0.6) is 5.75 Å². The van der Waals surface area contributed by atoms with Gasteiger partial charge in [-0.15, -0.1) is 0 Å². The summed E-state index contributed by atoms with van der Waals surface area (Å²) >= 11 is 12.2. The molecule has 0 aliphatic rings. The molecule has 0 atom stereocenters. The molecule has 6 heteroatoms. The Morgan fingerprint density at radius 2 is 1.85 bits per heavy atom. The third-order valence-electron chi connectivity index (χ3n) is 5.55. The molecule has 4 rings (SSSR count). The second-order valence-electron chi connectivity index (χ2n) is 7.93. The number of hydrogen-bond donors (Lipinski definition) is 1. The summed E-state index contributed by atoms with van der Waals surface area (Å²) in [6.45, 7) is 6.02. The fraction of sp³-hybridized carbons (Fsp3) is 0.148. The Morgan fingerprint density at radius 3 is 2.58 bits per heavy atom. The molecule has 1 N–H and O–H groups in total. The van der Waals surface area contributed by atoms with Gasteiger partial charge in [-0.2, -0.15) is 0 Å². The topological polar surface area (TPSA) is 51.5 Å². The van der Waals surface area contributed by atoms with Crippen LogP contribution in [-0.2, 0) is 4.79 Å². The summed E-state index contributed by atoms with van der Waals surface area (Å²) in [5.74, 6) is 0.298. The Balaban J connectivity index is 1.74. The minimum absolute atomic E-state index is 0.300. The van der Waals surface area contributed by atoms with Crippen molar-refractivity contribution in [1.82, 2.24) is 0 Å². The third kappa shape index (κ3) is 4.63. The van der Waals surface area contributed by atoms with Gasteiger partial charge in [0.1, 0.15) is 11.3 Å². The molecule has 0 saturated heterocycles. The van der Waals surface area contributed by atoms with E-state index in [0.29, 0.717) is 27.1 Å². The molecular formula is C27H23Cl2NO3. The highest BCUT2D eigenvalue weighted by Gasteiger charge is 2.16. The molecule has 0 spiro atoms. The van der Waals surface area contributed by atoms with Crippen molar-refractivity contribution in [2.45, 2.75) is 20.8 Å². The summed E-state index contributed by atoms with van der Waals surface area (Å²) in [4.78, 5) is 12.7. The molecule has 33 heavy (non-hydrogen) atoms. The molecule has 0 bridgehead atoms. The maximum Gasteiger partial charge on any atom is 0.248 e. The van der Waals surface area contributed by atoms with Gasteiger partial charge in [-0.1, -0.05) is 53.0 Å². The van der Waals surface area contributed by atoms with Crippen LogP contribution in [0.2, 0.25) is 10.0 Å². The number of nitrogens with one attached hydrogen (secondary N) is 1. The van der Waals surface area contributed by atoms with Gasteiger partial charge in [0.25, 0.3) is 0 Å². The first-order valence-electron chi connectivity index (χ1n) is 10.4. The summed E-state index contributed by atoms with van der Waals surface area (Å²) in [6, 6.07) is 15.3. The Bertz CT molecular complexity index is 1400. The van der Waals surface area contributed by atoms with Crippen molar-refractivity contribution in [2.75, 3.05) is 12.4 Å². The number of ether oxygens (including phenoxy) is 1. The number of methoxy groups -OCH3 is 1. The van der Waals surface area contributed by atoms with E-state index >= 15 is 0 Å². The lowest BCUT2D eigenvalue weighted by Crippen LogP contribution is -2.09. The number of halogens is 2. The Hall–Kier alpha value is -3.21. The van der Waals surface area contributed by atoms with Gasteiger partial charge in [0.2, 0.25) is 5.91 Å². The average molecular weight is 480 g/mol. The number of hydrogen-bond acceptors (Lipinski definition) is 3. The van der Waals surface area contributed by atoms with E-state index in [2.05, 4.69) is 37.4 Å². The van der Waals surface area contributed by atoms with Gasteiger partial charge >= 0.3 is 0 Å². The molecule has 0 unspecified atom stereocenters. The van der Waals surface area contributed by atoms with E-state index in [4.69, 9.17) is 32.4 Å². The van der Waals surface area contributed by atoms with Crippen molar-refractivity contribution in [2.24, 2.45) is 0 Å². The second-order valence-corrected chi connectivity index (χ2v) is 8.72. The largest absolute Gasteiger partial charge is 0.496 e. The highest BCUT2D eigenvalue weighted by atomic mass is 35.5. The third-order valence-corrected chi connectivity index (χ3v) is 6.37. The molecule has 0 radical (unpaired) electrons. The number of furan rings is 1. The van der Waals surface area contributed by atoms with E-state index in [1.54, 1.807) is 31.6 Å². The van der Waals surface area contributed by atoms with Crippen molar-refractivity contribution in [3.8, 4) is 16.9 Å². The van der Waals surface area contributed by atoms with Crippen LogP contribution >= 0.6 is 23.2 Å². The molecule has 0 saturated carbocycles. The van der Waals surface area contributed by atoms with Crippen LogP contribution in [0.3, 0.4) is 0 Å². The van der Waals surface area contributed by atoms with E-state index in [9.17, 15) is 4.79 Å². The van der Waals surface area contributed by atoms with Crippen LogP contribution in [0, 0.1) is 13.8 Å². The first-order chi connectivity index (χ1) is 15.8. The van der Waals surface area contributed by atoms with Crippen LogP contribution in [0.4, 0.5) is 5.69 Å². The number of amides is 1. The van der Waals surface area contributed by atoms with Gasteiger partial charge in [-0.05, 0) is 55.7 Å². The molecule has 0 fully saturated rings. The van der Waals surface area contributed by atoms with Crippen molar-refractivity contribution >= 4 is 51.3 Å². The predicted molar refractivity (Wildman–Crippen MR) is 136 cm³/mol. The van der Waals surface area contributed by atoms with Crippen molar-refractivity contribution in [3.63, 3.8) is 0 Å². The normalized spacial score (nSPS) is 11.6. The van der Waals surface area contributed by atoms with Crippen LogP contribution in [0.15, 0.2) is 65.3 Å². The molecule has 0 aliphatic carbocycles. The van der Waals surface area contributed by atoms with Crippen molar-refractivity contribution in [1.29, 1.82) is 0 Å². The first kappa shape index (κ1) is 23.0. The lowest BCUT2D eigenvalue weighted by atomic mass is 9.96. The second kappa shape index (κ2) is 9.34. The van der Waals surface area contributed by atoms with Gasteiger partial charge in [0, 0.05) is 28.7 Å². The number of carbonyl (C=O) groups excluding carboxylic acids is 1. The number of rotatable bonds is 5. The number of carbonyl (C=O) groups is 1. The maximum atomic E-state index is 12.7. The number of fused-ring (bicyclic) bond motifs is 1. The molecule has 1 aromatic heterocycles. The van der Waals surface area contributed by atoms with E-state index in [1.165, 1.54) is 17.2 Å². The number of benzene rings is 3. The maximum absolute atomic E-state index is 12.7. The predicted octanol–water partition coefficient (Wildman–Crippen LogP) is 8.07. The van der Waals surface area contributed by atoms with Crippen LogP contribution in [0.25, 0.3) is 27.7 Å².